The fourth-order valence-electron chi connectivity index (χ4n) is 1.31. The molecule has 0 fully saturated rings. The average Bonchev–Trinajstić information content (AvgIpc) is 2.17. The maximum Gasteiger partial charge on any atom is 0.0497 e. The molecule has 1 aromatic carbocycles. The molecule has 0 aromatic heterocycles. The van der Waals surface area contributed by atoms with Crippen LogP contribution in [-0.2, 0) is 0 Å². The monoisotopic (exact) mass is 178 g/mol. The van der Waals surface area contributed by atoms with Gasteiger partial charge in [-0.2, -0.15) is 0 Å². The molecule has 13 heavy (non-hydrogen) atoms. The van der Waals surface area contributed by atoms with Gasteiger partial charge in [-0.15, -0.1) is 0 Å². The van der Waals surface area contributed by atoms with Crippen LogP contribution < -0.4 is 0 Å². The van der Waals surface area contributed by atoms with Crippen molar-refractivity contribution < 1.29 is 5.11 Å². The maximum atomic E-state index is 8.97. The van der Waals surface area contributed by atoms with E-state index in [1.54, 1.807) is 0 Å². The fraction of sp³-hybridized carbons (Fsp3) is 0.500. The van der Waals surface area contributed by atoms with Gasteiger partial charge in [-0.1, -0.05) is 45.0 Å². The highest BCUT2D eigenvalue weighted by molar-refractivity contribution is 5.26. The van der Waals surface area contributed by atoms with Crippen molar-refractivity contribution in [3.05, 3.63) is 35.4 Å². The van der Waals surface area contributed by atoms with Gasteiger partial charge in [0.2, 0.25) is 0 Å². The van der Waals surface area contributed by atoms with E-state index in [4.69, 9.17) is 5.11 Å². The third kappa shape index (κ3) is 2.56. The van der Waals surface area contributed by atoms with Crippen LogP contribution in [0.15, 0.2) is 24.3 Å². The lowest BCUT2D eigenvalue weighted by Crippen LogP contribution is -1.99. The number of hydrogen-bond donors (Lipinski definition) is 1. The molecule has 0 spiro atoms. The Morgan fingerprint density at radius 1 is 1.00 bits per heavy atom. The second kappa shape index (κ2) is 4.43. The molecule has 1 rings (SSSR count). The van der Waals surface area contributed by atoms with Crippen LogP contribution in [0.4, 0.5) is 0 Å². The summed E-state index contributed by atoms with van der Waals surface area (Å²) in [6, 6.07) is 8.50. The maximum absolute atomic E-state index is 8.97. The molecule has 1 nitrogen and oxygen atoms in total. The molecule has 0 aliphatic carbocycles. The highest BCUT2D eigenvalue weighted by Gasteiger charge is 2.04. The predicted octanol–water partition coefficient (Wildman–Crippen LogP) is 2.91. The van der Waals surface area contributed by atoms with Crippen molar-refractivity contribution in [1.82, 2.24) is 0 Å². The molecule has 72 valence electrons. The summed E-state index contributed by atoms with van der Waals surface area (Å²) in [4.78, 5) is 0. The summed E-state index contributed by atoms with van der Waals surface area (Å²) in [5, 5.41) is 8.97. The molecule has 1 N–H and O–H groups in total. The van der Waals surface area contributed by atoms with Crippen molar-refractivity contribution in [3.63, 3.8) is 0 Å². The third-order valence-corrected chi connectivity index (χ3v) is 2.45. The minimum Gasteiger partial charge on any atom is -0.396 e. The standard InChI is InChI=1S/C12H18O/c1-9(2)11-4-6-12(7-5-11)10(3)8-13/h4-7,9-10,13H,8H2,1-3H3/t10-/m1/s1. The first-order valence-corrected chi connectivity index (χ1v) is 4.86. The molecule has 0 saturated heterocycles. The van der Waals surface area contributed by atoms with E-state index in [0.717, 1.165) is 0 Å². The molecule has 0 heterocycles. The van der Waals surface area contributed by atoms with Crippen molar-refractivity contribution in [2.75, 3.05) is 6.61 Å². The number of hydrogen-bond acceptors (Lipinski definition) is 1. The molecule has 1 aromatic rings. The van der Waals surface area contributed by atoms with Gasteiger partial charge in [-0.25, -0.2) is 0 Å². The lowest BCUT2D eigenvalue weighted by Gasteiger charge is -2.10. The summed E-state index contributed by atoms with van der Waals surface area (Å²) in [6.07, 6.45) is 0. The van der Waals surface area contributed by atoms with Crippen LogP contribution in [0.5, 0.6) is 0 Å². The van der Waals surface area contributed by atoms with Crippen LogP contribution >= 0.6 is 0 Å². The fourth-order valence-corrected chi connectivity index (χ4v) is 1.31. The molecular weight excluding hydrogens is 160 g/mol. The van der Waals surface area contributed by atoms with E-state index in [9.17, 15) is 0 Å². The minimum absolute atomic E-state index is 0.223. The number of benzene rings is 1. The highest BCUT2D eigenvalue weighted by Crippen LogP contribution is 2.19. The van der Waals surface area contributed by atoms with Crippen LogP contribution in [0.25, 0.3) is 0 Å². The summed E-state index contributed by atoms with van der Waals surface area (Å²) in [7, 11) is 0. The number of aliphatic hydroxyl groups is 1. The first-order valence-electron chi connectivity index (χ1n) is 4.86. The van der Waals surface area contributed by atoms with Crippen molar-refractivity contribution >= 4 is 0 Å². The molecule has 0 saturated carbocycles. The molecule has 0 bridgehead atoms. The van der Waals surface area contributed by atoms with Crippen LogP contribution in [0.2, 0.25) is 0 Å². The zero-order chi connectivity index (χ0) is 9.84. The Morgan fingerprint density at radius 2 is 1.46 bits per heavy atom. The van der Waals surface area contributed by atoms with E-state index >= 15 is 0 Å². The van der Waals surface area contributed by atoms with Gasteiger partial charge >= 0.3 is 0 Å². The summed E-state index contributed by atoms with van der Waals surface area (Å²) >= 11 is 0. The molecule has 0 unspecified atom stereocenters. The normalized spacial score (nSPS) is 13.3. The Labute approximate surface area is 80.4 Å². The van der Waals surface area contributed by atoms with E-state index in [-0.39, 0.29) is 12.5 Å². The topological polar surface area (TPSA) is 20.2 Å². The smallest absolute Gasteiger partial charge is 0.0497 e. The zero-order valence-corrected chi connectivity index (χ0v) is 8.62. The molecule has 1 atom stereocenters. The lowest BCUT2D eigenvalue weighted by atomic mass is 9.97. The third-order valence-electron chi connectivity index (χ3n) is 2.45. The second-order valence-electron chi connectivity index (χ2n) is 3.90. The lowest BCUT2D eigenvalue weighted by molar-refractivity contribution is 0.273. The van der Waals surface area contributed by atoms with Crippen LogP contribution in [0.3, 0.4) is 0 Å². The largest absolute Gasteiger partial charge is 0.396 e. The second-order valence-corrected chi connectivity index (χ2v) is 3.90. The van der Waals surface area contributed by atoms with E-state index in [0.29, 0.717) is 5.92 Å². The summed E-state index contributed by atoms with van der Waals surface area (Å²) < 4.78 is 0. The van der Waals surface area contributed by atoms with Gasteiger partial charge < -0.3 is 5.11 Å². The Bertz CT molecular complexity index is 248. The van der Waals surface area contributed by atoms with Gasteiger partial charge in [0.05, 0.1) is 0 Å². The van der Waals surface area contributed by atoms with E-state index in [2.05, 4.69) is 38.1 Å². The average molecular weight is 178 g/mol. The van der Waals surface area contributed by atoms with Gasteiger partial charge in [0.1, 0.15) is 0 Å². The van der Waals surface area contributed by atoms with Gasteiger partial charge in [-0.05, 0) is 17.0 Å². The summed E-state index contributed by atoms with van der Waals surface area (Å²) in [5.41, 5.74) is 2.57. The van der Waals surface area contributed by atoms with Crippen LogP contribution in [0, 0.1) is 0 Å². The SMILES string of the molecule is CC(C)c1ccc([C@H](C)CO)cc1. The number of aliphatic hydroxyl groups excluding tert-OH is 1. The van der Waals surface area contributed by atoms with Crippen molar-refractivity contribution in [1.29, 1.82) is 0 Å². The Morgan fingerprint density at radius 3 is 1.85 bits per heavy atom. The van der Waals surface area contributed by atoms with Crippen molar-refractivity contribution in [2.24, 2.45) is 0 Å². The first-order chi connectivity index (χ1) is 6.15. The first kappa shape index (κ1) is 10.3. The van der Waals surface area contributed by atoms with Crippen molar-refractivity contribution in [2.45, 2.75) is 32.6 Å². The zero-order valence-electron chi connectivity index (χ0n) is 8.62. The minimum atomic E-state index is 0.223. The quantitative estimate of drug-likeness (QED) is 0.754. The molecular formula is C12H18O. The van der Waals surface area contributed by atoms with Crippen molar-refractivity contribution in [3.8, 4) is 0 Å². The molecule has 0 radical (unpaired) electrons. The van der Waals surface area contributed by atoms with E-state index in [1.165, 1.54) is 11.1 Å². The summed E-state index contributed by atoms with van der Waals surface area (Å²) in [5.74, 6) is 0.833. The molecule has 0 amide bonds. The highest BCUT2D eigenvalue weighted by atomic mass is 16.3. The Hall–Kier alpha value is -0.820. The van der Waals surface area contributed by atoms with Gasteiger partial charge in [0.15, 0.2) is 0 Å². The van der Waals surface area contributed by atoms with Crippen LogP contribution in [0.1, 0.15) is 43.7 Å². The molecule has 1 heteroatoms. The van der Waals surface area contributed by atoms with Crippen LogP contribution in [-0.4, -0.2) is 11.7 Å². The predicted molar refractivity (Wildman–Crippen MR) is 56.0 cm³/mol. The van der Waals surface area contributed by atoms with Gasteiger partial charge in [-0.3, -0.25) is 0 Å². The van der Waals surface area contributed by atoms with E-state index < -0.39 is 0 Å². The molecule has 0 aliphatic rings. The molecule has 0 aliphatic heterocycles. The van der Waals surface area contributed by atoms with Gasteiger partial charge in [0, 0.05) is 12.5 Å². The Balaban J connectivity index is 2.81. The Kier molecular flexibility index (Phi) is 3.49. The summed E-state index contributed by atoms with van der Waals surface area (Å²) in [6.45, 7) is 6.63. The van der Waals surface area contributed by atoms with E-state index in [1.807, 2.05) is 6.92 Å². The van der Waals surface area contributed by atoms with Gasteiger partial charge in [0.25, 0.3) is 0 Å². The number of rotatable bonds is 3.